The lowest BCUT2D eigenvalue weighted by Crippen LogP contribution is -2.37. The van der Waals surface area contributed by atoms with E-state index in [2.05, 4.69) is 14.9 Å². The van der Waals surface area contributed by atoms with Gasteiger partial charge in [0, 0.05) is 11.1 Å². The van der Waals surface area contributed by atoms with E-state index in [1.165, 1.54) is 23.2 Å². The number of hydrazine groups is 1. The first kappa shape index (κ1) is 22.0. The zero-order chi connectivity index (χ0) is 24.1. The highest BCUT2D eigenvalue weighted by Gasteiger charge is 2.66. The highest BCUT2D eigenvalue weighted by molar-refractivity contribution is 5.95. The molecule has 4 nitrogen and oxygen atoms in total. The van der Waals surface area contributed by atoms with Crippen LogP contribution in [0.5, 0.6) is 11.5 Å². The van der Waals surface area contributed by atoms with Crippen LogP contribution in [0.4, 0.5) is 32.0 Å². The minimum absolute atomic E-state index is 0.0164. The van der Waals surface area contributed by atoms with Gasteiger partial charge < -0.3 is 9.47 Å². The van der Waals surface area contributed by atoms with Crippen molar-refractivity contribution >= 4 is 17.0 Å². The van der Waals surface area contributed by atoms with Crippen LogP contribution < -0.4 is 19.9 Å². The number of fused-ring (bicyclic) bond motifs is 1. The average molecular weight is 478 g/mol. The number of hydrogen-bond donors (Lipinski definition) is 1. The number of benzene rings is 3. The van der Waals surface area contributed by atoms with Crippen molar-refractivity contribution in [1.29, 1.82) is 0 Å². The van der Waals surface area contributed by atoms with E-state index < -0.39 is 30.0 Å². The fourth-order valence-corrected chi connectivity index (χ4v) is 3.93. The molecule has 0 fully saturated rings. The summed E-state index contributed by atoms with van der Waals surface area (Å²) >= 11 is 0. The SMILES string of the molecule is FC(F)Oc1ccc(C2=C(c3ccccc3)CN(c3ccc4c(c3)C(F)(F)C(F)(F)O4)N2)cc1. The van der Waals surface area contributed by atoms with Gasteiger partial charge in [0.05, 0.1) is 23.5 Å². The van der Waals surface area contributed by atoms with E-state index in [4.69, 9.17) is 0 Å². The second kappa shape index (κ2) is 7.89. The van der Waals surface area contributed by atoms with Crippen LogP contribution in [-0.2, 0) is 5.92 Å². The molecule has 10 heteroatoms. The van der Waals surface area contributed by atoms with Crippen molar-refractivity contribution < 1.29 is 35.8 Å². The van der Waals surface area contributed by atoms with Crippen LogP contribution in [0.2, 0.25) is 0 Å². The summed E-state index contributed by atoms with van der Waals surface area (Å²) < 4.78 is 89.2. The summed E-state index contributed by atoms with van der Waals surface area (Å²) in [4.78, 5) is 0. The Balaban J connectivity index is 1.50. The smallest absolute Gasteiger partial charge is 0.435 e. The molecule has 0 atom stereocenters. The van der Waals surface area contributed by atoms with E-state index in [0.717, 1.165) is 23.3 Å². The van der Waals surface area contributed by atoms with E-state index in [9.17, 15) is 26.3 Å². The largest absolute Gasteiger partial charge is 0.469 e. The van der Waals surface area contributed by atoms with E-state index in [-0.39, 0.29) is 18.0 Å². The first-order valence-electron chi connectivity index (χ1n) is 10.1. The topological polar surface area (TPSA) is 33.7 Å². The molecule has 0 amide bonds. The van der Waals surface area contributed by atoms with Crippen LogP contribution in [-0.4, -0.2) is 19.3 Å². The Labute approximate surface area is 190 Å². The average Bonchev–Trinajstić information content (AvgIpc) is 3.32. The molecule has 0 unspecified atom stereocenters. The molecule has 2 heterocycles. The van der Waals surface area contributed by atoms with Gasteiger partial charge in [0.2, 0.25) is 0 Å². The Kier molecular flexibility index (Phi) is 5.11. The maximum atomic E-state index is 14.2. The molecule has 2 aliphatic heterocycles. The quantitative estimate of drug-likeness (QED) is 0.439. The number of halogens is 6. The van der Waals surface area contributed by atoms with Gasteiger partial charge in [-0.25, -0.2) is 0 Å². The van der Waals surface area contributed by atoms with Crippen molar-refractivity contribution in [3.8, 4) is 11.5 Å². The Hall–Kier alpha value is -3.82. The minimum Gasteiger partial charge on any atom is -0.435 e. The summed E-state index contributed by atoms with van der Waals surface area (Å²) in [6.45, 7) is -2.74. The number of hydrogen-bond acceptors (Lipinski definition) is 4. The molecule has 1 N–H and O–H groups in total. The van der Waals surface area contributed by atoms with Gasteiger partial charge in [0.15, 0.2) is 0 Å². The van der Waals surface area contributed by atoms with Gasteiger partial charge >= 0.3 is 18.6 Å². The van der Waals surface area contributed by atoms with Gasteiger partial charge in [0.1, 0.15) is 11.5 Å². The molecule has 176 valence electrons. The number of rotatable bonds is 5. The van der Waals surface area contributed by atoms with E-state index in [1.54, 1.807) is 12.1 Å². The summed E-state index contributed by atoms with van der Waals surface area (Å²) in [6, 6.07) is 18.6. The van der Waals surface area contributed by atoms with Gasteiger partial charge in [-0.3, -0.25) is 10.4 Å². The molecular weight excluding hydrogens is 462 g/mol. The van der Waals surface area contributed by atoms with Crippen molar-refractivity contribution in [3.63, 3.8) is 0 Å². The first-order chi connectivity index (χ1) is 16.2. The maximum Gasteiger partial charge on any atom is 0.469 e. The molecule has 0 radical (unpaired) electrons. The highest BCUT2D eigenvalue weighted by atomic mass is 19.3. The lowest BCUT2D eigenvalue weighted by molar-refractivity contribution is -0.296. The Morgan fingerprint density at radius 3 is 2.26 bits per heavy atom. The summed E-state index contributed by atoms with van der Waals surface area (Å²) in [6.07, 6.45) is -4.63. The van der Waals surface area contributed by atoms with Gasteiger partial charge in [-0.05, 0) is 48.0 Å². The molecule has 0 aromatic heterocycles. The van der Waals surface area contributed by atoms with E-state index in [1.807, 2.05) is 30.3 Å². The number of ether oxygens (including phenoxy) is 2. The van der Waals surface area contributed by atoms with Crippen molar-refractivity contribution in [3.05, 3.63) is 89.5 Å². The summed E-state index contributed by atoms with van der Waals surface area (Å²) in [7, 11) is 0. The second-order valence-electron chi connectivity index (χ2n) is 7.69. The number of nitrogens with one attached hydrogen (secondary N) is 1. The number of alkyl halides is 6. The van der Waals surface area contributed by atoms with Gasteiger partial charge in [-0.15, -0.1) is 0 Å². The molecule has 3 aromatic carbocycles. The summed E-state index contributed by atoms with van der Waals surface area (Å²) in [5, 5.41) is 1.54. The molecule has 0 spiro atoms. The van der Waals surface area contributed by atoms with Crippen LogP contribution in [0.25, 0.3) is 11.3 Å². The summed E-state index contributed by atoms with van der Waals surface area (Å²) in [5.41, 5.74) is 5.30. The van der Waals surface area contributed by atoms with Crippen LogP contribution in [0.3, 0.4) is 0 Å². The predicted octanol–water partition coefficient (Wildman–Crippen LogP) is 6.26. The third-order valence-corrected chi connectivity index (χ3v) is 5.57. The maximum absolute atomic E-state index is 14.2. The van der Waals surface area contributed by atoms with Crippen molar-refractivity contribution in [2.45, 2.75) is 18.6 Å². The summed E-state index contributed by atoms with van der Waals surface area (Å²) in [5.74, 6) is -5.07. The molecule has 0 saturated heterocycles. The fraction of sp³-hybridized carbons (Fsp3) is 0.167. The standard InChI is InChI=1S/C24H16F6N2O2/c25-22(26)33-17-9-6-15(7-10-17)21-18(14-4-2-1-3-5-14)13-32(31-21)16-8-11-20-19(12-16)23(27,28)24(29,30)34-20/h1-12,22,31H,13H2. The highest BCUT2D eigenvalue weighted by Crippen LogP contribution is 2.54. The third kappa shape index (κ3) is 3.68. The van der Waals surface area contributed by atoms with E-state index in [0.29, 0.717) is 11.3 Å². The first-order valence-corrected chi connectivity index (χ1v) is 10.1. The molecule has 3 aromatic rings. The van der Waals surface area contributed by atoms with Gasteiger partial charge in [-0.1, -0.05) is 30.3 Å². The van der Waals surface area contributed by atoms with Crippen LogP contribution >= 0.6 is 0 Å². The zero-order valence-electron chi connectivity index (χ0n) is 17.2. The van der Waals surface area contributed by atoms with Crippen LogP contribution in [0.1, 0.15) is 16.7 Å². The molecule has 0 saturated carbocycles. The molecule has 2 aliphatic rings. The lowest BCUT2D eigenvalue weighted by atomic mass is 10.0. The molecular formula is C24H16F6N2O2. The molecule has 34 heavy (non-hydrogen) atoms. The Morgan fingerprint density at radius 1 is 0.882 bits per heavy atom. The molecule has 5 rings (SSSR count). The van der Waals surface area contributed by atoms with Crippen molar-refractivity contribution in [2.75, 3.05) is 11.6 Å². The Morgan fingerprint density at radius 2 is 1.59 bits per heavy atom. The third-order valence-electron chi connectivity index (χ3n) is 5.57. The monoisotopic (exact) mass is 478 g/mol. The van der Waals surface area contributed by atoms with Crippen LogP contribution in [0, 0.1) is 0 Å². The lowest BCUT2D eigenvalue weighted by Gasteiger charge is -2.22. The molecule has 0 bridgehead atoms. The molecule has 0 aliphatic carbocycles. The minimum atomic E-state index is -4.63. The number of anilines is 1. The van der Waals surface area contributed by atoms with Gasteiger partial charge in [-0.2, -0.15) is 26.3 Å². The van der Waals surface area contributed by atoms with Gasteiger partial charge in [0.25, 0.3) is 0 Å². The van der Waals surface area contributed by atoms with E-state index >= 15 is 0 Å². The van der Waals surface area contributed by atoms with Crippen molar-refractivity contribution in [1.82, 2.24) is 5.43 Å². The fourth-order valence-electron chi connectivity index (χ4n) is 3.93. The Bertz CT molecular complexity index is 1250. The second-order valence-corrected chi connectivity index (χ2v) is 7.69. The van der Waals surface area contributed by atoms with Crippen LogP contribution in [0.15, 0.2) is 72.8 Å². The number of nitrogens with zero attached hydrogens (tertiary/aromatic N) is 1. The normalized spacial score (nSPS) is 18.0. The van der Waals surface area contributed by atoms with Crippen molar-refractivity contribution in [2.24, 2.45) is 0 Å². The predicted molar refractivity (Wildman–Crippen MR) is 113 cm³/mol. The zero-order valence-corrected chi connectivity index (χ0v) is 17.2.